The van der Waals surface area contributed by atoms with Crippen LogP contribution in [0.25, 0.3) is 0 Å². The standard InChI is InChI=1S/C25H37N7O3/c1-17-14-18(2)29-22(15-17)31-25(35)21(9-8-19-6-4-3-5-7-19)30-24(34)20(28)16-23(33)32(12-10-26)13-11-27/h3-7,14-15,20-21H,8-13,16,26-28H2,1-2H3,(H,30,34)(H,29,31,35)/t20-,21-/m0/s1. The fraction of sp³-hybridized carbons (Fsp3) is 0.440. The van der Waals surface area contributed by atoms with Crippen LogP contribution in [-0.2, 0) is 20.8 Å². The van der Waals surface area contributed by atoms with Crippen LogP contribution in [0.5, 0.6) is 0 Å². The lowest BCUT2D eigenvalue weighted by Gasteiger charge is -2.24. The summed E-state index contributed by atoms with van der Waals surface area (Å²) in [7, 11) is 0. The maximum absolute atomic E-state index is 13.1. The van der Waals surface area contributed by atoms with Crippen LogP contribution in [0.2, 0.25) is 0 Å². The molecule has 10 heteroatoms. The van der Waals surface area contributed by atoms with Gasteiger partial charge in [-0.15, -0.1) is 0 Å². The number of nitrogens with one attached hydrogen (secondary N) is 2. The lowest BCUT2D eigenvalue weighted by atomic mass is 10.0. The SMILES string of the molecule is Cc1cc(C)nc(NC(=O)[C@H](CCc2ccccc2)NC(=O)[C@@H](N)CC(=O)N(CCN)CCN)c1. The molecule has 0 unspecified atom stereocenters. The van der Waals surface area contributed by atoms with Crippen molar-refractivity contribution in [2.24, 2.45) is 17.2 Å². The highest BCUT2D eigenvalue weighted by Gasteiger charge is 2.26. The summed E-state index contributed by atoms with van der Waals surface area (Å²) in [6, 6.07) is 11.3. The first kappa shape index (κ1) is 27.9. The Hall–Kier alpha value is -3.34. The third-order valence-electron chi connectivity index (χ3n) is 5.43. The number of hydrogen-bond donors (Lipinski definition) is 5. The van der Waals surface area contributed by atoms with E-state index in [1.807, 2.05) is 50.2 Å². The van der Waals surface area contributed by atoms with Crippen molar-refractivity contribution in [3.63, 3.8) is 0 Å². The van der Waals surface area contributed by atoms with Gasteiger partial charge >= 0.3 is 0 Å². The van der Waals surface area contributed by atoms with E-state index in [0.29, 0.717) is 31.7 Å². The second-order valence-corrected chi connectivity index (χ2v) is 8.51. The van der Waals surface area contributed by atoms with E-state index >= 15 is 0 Å². The molecule has 1 heterocycles. The molecule has 0 aliphatic heterocycles. The van der Waals surface area contributed by atoms with Crippen molar-refractivity contribution in [2.45, 2.75) is 45.2 Å². The molecule has 2 atom stereocenters. The third kappa shape index (κ3) is 9.44. The zero-order valence-electron chi connectivity index (χ0n) is 20.5. The molecule has 1 aromatic heterocycles. The van der Waals surface area contributed by atoms with Crippen LogP contribution in [0.4, 0.5) is 5.82 Å². The third-order valence-corrected chi connectivity index (χ3v) is 5.43. The maximum Gasteiger partial charge on any atom is 0.248 e. The second kappa shape index (κ2) is 14.1. The van der Waals surface area contributed by atoms with E-state index in [2.05, 4.69) is 15.6 Å². The minimum Gasteiger partial charge on any atom is -0.343 e. The van der Waals surface area contributed by atoms with Crippen molar-refractivity contribution >= 4 is 23.5 Å². The molecule has 2 aromatic rings. The Morgan fingerprint density at radius 3 is 2.26 bits per heavy atom. The van der Waals surface area contributed by atoms with Crippen molar-refractivity contribution in [3.05, 3.63) is 59.3 Å². The van der Waals surface area contributed by atoms with Gasteiger partial charge in [-0.3, -0.25) is 14.4 Å². The highest BCUT2D eigenvalue weighted by atomic mass is 16.2. The van der Waals surface area contributed by atoms with Gasteiger partial charge in [0.2, 0.25) is 17.7 Å². The summed E-state index contributed by atoms with van der Waals surface area (Å²) in [6.07, 6.45) is 0.700. The number of carbonyl (C=O) groups is 3. The molecule has 0 spiro atoms. The van der Waals surface area contributed by atoms with Gasteiger partial charge in [-0.2, -0.15) is 0 Å². The van der Waals surface area contributed by atoms with Crippen molar-refractivity contribution in [1.29, 1.82) is 0 Å². The summed E-state index contributed by atoms with van der Waals surface area (Å²) >= 11 is 0. The minimum absolute atomic E-state index is 0.211. The molecular formula is C25H37N7O3. The summed E-state index contributed by atoms with van der Waals surface area (Å²) in [5.74, 6) is -0.892. The molecule has 3 amide bonds. The Balaban J connectivity index is 2.10. The van der Waals surface area contributed by atoms with Crippen molar-refractivity contribution in [1.82, 2.24) is 15.2 Å². The number of aromatic nitrogens is 1. The van der Waals surface area contributed by atoms with Gasteiger partial charge in [-0.1, -0.05) is 30.3 Å². The van der Waals surface area contributed by atoms with Crippen molar-refractivity contribution in [2.75, 3.05) is 31.5 Å². The Kier molecular flexibility index (Phi) is 11.3. The first-order valence-corrected chi connectivity index (χ1v) is 11.8. The first-order chi connectivity index (χ1) is 16.7. The molecule has 2 rings (SSSR count). The molecule has 8 N–H and O–H groups in total. The average molecular weight is 484 g/mol. The molecule has 0 saturated carbocycles. The van der Waals surface area contributed by atoms with Gasteiger partial charge in [0.25, 0.3) is 0 Å². The molecular weight excluding hydrogens is 446 g/mol. The zero-order valence-corrected chi connectivity index (χ0v) is 20.5. The summed E-state index contributed by atoms with van der Waals surface area (Å²) in [5.41, 5.74) is 19.9. The largest absolute Gasteiger partial charge is 0.343 e. The van der Waals surface area contributed by atoms with Crippen LogP contribution in [0, 0.1) is 13.8 Å². The van der Waals surface area contributed by atoms with Gasteiger partial charge < -0.3 is 32.7 Å². The number of hydrogen-bond acceptors (Lipinski definition) is 7. The summed E-state index contributed by atoms with van der Waals surface area (Å²) in [5, 5.41) is 5.51. The van der Waals surface area contributed by atoms with E-state index in [9.17, 15) is 14.4 Å². The predicted octanol–water partition coefficient (Wildman–Crippen LogP) is 0.218. The van der Waals surface area contributed by atoms with Gasteiger partial charge in [-0.25, -0.2) is 4.98 Å². The van der Waals surface area contributed by atoms with E-state index in [-0.39, 0.29) is 25.4 Å². The molecule has 0 aliphatic rings. The van der Waals surface area contributed by atoms with Gasteiger partial charge in [0.15, 0.2) is 0 Å². The molecule has 0 fully saturated rings. The van der Waals surface area contributed by atoms with Gasteiger partial charge in [0.1, 0.15) is 11.9 Å². The highest BCUT2D eigenvalue weighted by Crippen LogP contribution is 2.12. The second-order valence-electron chi connectivity index (χ2n) is 8.51. The molecule has 1 aromatic carbocycles. The lowest BCUT2D eigenvalue weighted by Crippen LogP contribution is -2.52. The quantitative estimate of drug-likeness (QED) is 0.271. The fourth-order valence-electron chi connectivity index (χ4n) is 3.70. The van der Waals surface area contributed by atoms with Gasteiger partial charge in [0.05, 0.1) is 12.5 Å². The summed E-state index contributed by atoms with van der Waals surface area (Å²) < 4.78 is 0. The molecule has 0 radical (unpaired) electrons. The van der Waals surface area contributed by atoms with Crippen LogP contribution < -0.4 is 27.8 Å². The van der Waals surface area contributed by atoms with Gasteiger partial charge in [0, 0.05) is 31.9 Å². The van der Waals surface area contributed by atoms with Crippen molar-refractivity contribution in [3.8, 4) is 0 Å². The monoisotopic (exact) mass is 483 g/mol. The smallest absolute Gasteiger partial charge is 0.248 e. The van der Waals surface area contributed by atoms with E-state index < -0.39 is 23.9 Å². The Labute approximate surface area is 206 Å². The van der Waals surface area contributed by atoms with E-state index in [0.717, 1.165) is 16.8 Å². The normalized spacial score (nSPS) is 12.5. The van der Waals surface area contributed by atoms with Crippen LogP contribution in [0.15, 0.2) is 42.5 Å². The Bertz CT molecular complexity index is 958. The maximum atomic E-state index is 13.1. The molecule has 0 aliphatic carbocycles. The topological polar surface area (TPSA) is 169 Å². The molecule has 10 nitrogen and oxygen atoms in total. The van der Waals surface area contributed by atoms with Crippen LogP contribution in [0.1, 0.15) is 29.7 Å². The zero-order chi connectivity index (χ0) is 25.8. The van der Waals surface area contributed by atoms with E-state index in [1.54, 1.807) is 6.07 Å². The van der Waals surface area contributed by atoms with Crippen LogP contribution in [-0.4, -0.2) is 65.9 Å². The van der Waals surface area contributed by atoms with E-state index in [1.165, 1.54) is 4.90 Å². The van der Waals surface area contributed by atoms with Crippen molar-refractivity contribution < 1.29 is 14.4 Å². The molecule has 35 heavy (non-hydrogen) atoms. The molecule has 190 valence electrons. The van der Waals surface area contributed by atoms with Crippen LogP contribution >= 0.6 is 0 Å². The minimum atomic E-state index is -1.12. The molecule has 0 bridgehead atoms. The molecule has 0 saturated heterocycles. The lowest BCUT2D eigenvalue weighted by molar-refractivity contribution is -0.134. The number of nitrogens with zero attached hydrogens (tertiary/aromatic N) is 2. The highest BCUT2D eigenvalue weighted by molar-refractivity contribution is 5.98. The van der Waals surface area contributed by atoms with E-state index in [4.69, 9.17) is 17.2 Å². The number of nitrogens with two attached hydrogens (primary N) is 3. The number of rotatable bonds is 13. The first-order valence-electron chi connectivity index (χ1n) is 11.8. The fourth-order valence-corrected chi connectivity index (χ4v) is 3.70. The average Bonchev–Trinajstić information content (AvgIpc) is 2.81. The van der Waals surface area contributed by atoms with Crippen LogP contribution in [0.3, 0.4) is 0 Å². The number of carbonyl (C=O) groups excluding carboxylic acids is 3. The number of benzene rings is 1. The number of amides is 3. The number of anilines is 1. The number of aryl methyl sites for hydroxylation is 3. The summed E-state index contributed by atoms with van der Waals surface area (Å²) in [6.45, 7) is 4.97. The van der Waals surface area contributed by atoms with Gasteiger partial charge in [-0.05, 0) is 49.9 Å². The predicted molar refractivity (Wildman–Crippen MR) is 136 cm³/mol. The Morgan fingerprint density at radius 2 is 1.66 bits per heavy atom. The summed E-state index contributed by atoms with van der Waals surface area (Å²) in [4.78, 5) is 44.3. The Morgan fingerprint density at radius 1 is 1.00 bits per heavy atom. The number of pyridine rings is 1.